The fraction of sp³-hybridized carbons (Fsp3) is 0.405. The number of fused-ring (bicyclic) bond motifs is 2. The molecule has 0 aromatic heterocycles. The Labute approximate surface area is 263 Å². The molecule has 4 aliphatic rings. The molecule has 0 N–H and O–H groups in total. The molecule has 0 spiro atoms. The van der Waals surface area contributed by atoms with Crippen LogP contribution in [0.15, 0.2) is 109 Å². The van der Waals surface area contributed by atoms with Gasteiger partial charge in [-0.3, -0.25) is 0 Å². The van der Waals surface area contributed by atoms with Crippen LogP contribution in [0.25, 0.3) is 0 Å². The van der Waals surface area contributed by atoms with E-state index in [2.05, 4.69) is 123 Å². The standard InChI is InChI=1S/C35H40.2CH3.2ClH.Zr/c1-24-21-34-28(26-13-5-3-6-14-26)17-9-11-19-30(34)32(24)23-33-25(2)22-35-29(18-10-12-20-31(33)35)27-15-7-4-8-16-27;;;;;/h3-20,24-25,28-35H,21-23H2,1-2H3;2*1H3;2*1H;/q;2*-1;;;+4/p-2. The minimum atomic E-state index is -0.826. The molecule has 40 heavy (non-hydrogen) atoms. The molecule has 0 saturated heterocycles. The van der Waals surface area contributed by atoms with Gasteiger partial charge in [0.1, 0.15) is 0 Å². The van der Waals surface area contributed by atoms with Crippen LogP contribution in [-0.4, -0.2) is 0 Å². The molecule has 0 amide bonds. The number of hydrogen-bond acceptors (Lipinski definition) is 0. The van der Waals surface area contributed by atoms with Crippen LogP contribution in [0.4, 0.5) is 0 Å². The van der Waals surface area contributed by atoms with Gasteiger partial charge >= 0.3 is 37.9 Å². The summed E-state index contributed by atoms with van der Waals surface area (Å²) in [6, 6.07) is 22.5. The SMILES string of the molecule is CC1CC2C(c3ccccc3)C=CC=CC2C1CC1C(C)CC2C(c3ccccc3)C=CC=CC12.[CH3-].[CH3-].[Cl][Zr+2][Cl]. The minimum absolute atomic E-state index is 0. The number of hydrogen-bond donors (Lipinski definition) is 0. The molecule has 2 fully saturated rings. The van der Waals surface area contributed by atoms with Crippen LogP contribution in [0, 0.1) is 62.2 Å². The van der Waals surface area contributed by atoms with E-state index >= 15 is 0 Å². The molecule has 0 heterocycles. The molecule has 2 aromatic carbocycles. The van der Waals surface area contributed by atoms with E-state index in [9.17, 15) is 0 Å². The van der Waals surface area contributed by atoms with Crippen molar-refractivity contribution in [2.75, 3.05) is 0 Å². The molecule has 4 aliphatic carbocycles. The Kier molecular flexibility index (Phi) is 13.3. The summed E-state index contributed by atoms with van der Waals surface area (Å²) in [7, 11) is 9.87. The average molecular weight is 653 g/mol. The first-order valence-corrected chi connectivity index (χ1v) is 20.7. The zero-order valence-corrected chi connectivity index (χ0v) is 28.5. The molecule has 0 aliphatic heterocycles. The Morgan fingerprint density at radius 2 is 0.950 bits per heavy atom. The van der Waals surface area contributed by atoms with Crippen LogP contribution in [0.1, 0.15) is 56.1 Å². The summed E-state index contributed by atoms with van der Waals surface area (Å²) in [5.74, 6) is 7.06. The monoisotopic (exact) mass is 650 g/mol. The van der Waals surface area contributed by atoms with Crippen molar-refractivity contribution in [3.05, 3.63) is 135 Å². The van der Waals surface area contributed by atoms with E-state index < -0.39 is 20.8 Å². The van der Waals surface area contributed by atoms with Crippen molar-refractivity contribution in [1.82, 2.24) is 0 Å². The van der Waals surface area contributed by atoms with E-state index in [1.54, 1.807) is 0 Å². The zero-order chi connectivity index (χ0) is 26.5. The quantitative estimate of drug-likeness (QED) is 0.288. The maximum atomic E-state index is 4.93. The van der Waals surface area contributed by atoms with Gasteiger partial charge < -0.3 is 14.9 Å². The first-order chi connectivity index (χ1) is 18.6. The van der Waals surface area contributed by atoms with Crippen molar-refractivity contribution < 1.29 is 20.8 Å². The topological polar surface area (TPSA) is 0 Å². The molecular weight excluding hydrogens is 607 g/mol. The number of benzene rings is 2. The first-order valence-electron chi connectivity index (χ1n) is 14.4. The van der Waals surface area contributed by atoms with Crippen LogP contribution in [0.2, 0.25) is 0 Å². The van der Waals surface area contributed by atoms with Crippen molar-refractivity contribution in [2.24, 2.45) is 47.3 Å². The third-order valence-electron chi connectivity index (χ3n) is 10.1. The second-order valence-electron chi connectivity index (χ2n) is 12.0. The fourth-order valence-corrected chi connectivity index (χ4v) is 8.46. The Morgan fingerprint density at radius 3 is 1.32 bits per heavy atom. The Morgan fingerprint density at radius 1 is 0.600 bits per heavy atom. The van der Waals surface area contributed by atoms with Crippen molar-refractivity contribution in [1.29, 1.82) is 0 Å². The molecule has 10 unspecified atom stereocenters. The van der Waals surface area contributed by atoms with Gasteiger partial charge in [0.15, 0.2) is 0 Å². The van der Waals surface area contributed by atoms with Crippen molar-refractivity contribution in [3.8, 4) is 0 Å². The van der Waals surface area contributed by atoms with Crippen molar-refractivity contribution in [2.45, 2.75) is 44.9 Å². The van der Waals surface area contributed by atoms with Crippen molar-refractivity contribution >= 4 is 17.0 Å². The molecular formula is C37H46Cl2Zr. The summed E-state index contributed by atoms with van der Waals surface area (Å²) in [6.07, 6.45) is 23.5. The molecule has 6 rings (SSSR count). The molecule has 10 atom stereocenters. The number of rotatable bonds is 4. The second-order valence-corrected chi connectivity index (χ2v) is 15.7. The van der Waals surface area contributed by atoms with Crippen molar-refractivity contribution in [3.63, 3.8) is 0 Å². The van der Waals surface area contributed by atoms with Gasteiger partial charge in [-0.05, 0) is 77.7 Å². The van der Waals surface area contributed by atoms with E-state index in [1.807, 2.05) is 0 Å². The third kappa shape index (κ3) is 7.25. The number of halogens is 2. The Bertz CT molecular complexity index is 1050. The maximum absolute atomic E-state index is 4.93. The van der Waals surface area contributed by atoms with Gasteiger partial charge in [-0.25, -0.2) is 0 Å². The van der Waals surface area contributed by atoms with Crippen LogP contribution in [0.3, 0.4) is 0 Å². The van der Waals surface area contributed by atoms with Gasteiger partial charge in [-0.2, -0.15) is 0 Å². The van der Waals surface area contributed by atoms with E-state index in [0.717, 1.165) is 35.5 Å². The normalized spacial score (nSPS) is 35.0. The van der Waals surface area contributed by atoms with E-state index in [-0.39, 0.29) is 14.9 Å². The predicted molar refractivity (Wildman–Crippen MR) is 173 cm³/mol. The zero-order valence-electron chi connectivity index (χ0n) is 24.5. The molecule has 0 radical (unpaired) electrons. The summed E-state index contributed by atoms with van der Waals surface area (Å²) >= 11 is -0.826. The van der Waals surface area contributed by atoms with Crippen LogP contribution in [-0.2, 0) is 20.8 Å². The summed E-state index contributed by atoms with van der Waals surface area (Å²) < 4.78 is 0. The van der Waals surface area contributed by atoms with Gasteiger partial charge in [-0.1, -0.05) is 123 Å². The van der Waals surface area contributed by atoms with Crippen LogP contribution in [0.5, 0.6) is 0 Å². The molecule has 2 saturated carbocycles. The average Bonchev–Trinajstić information content (AvgIpc) is 3.20. The van der Waals surface area contributed by atoms with Gasteiger partial charge in [0.05, 0.1) is 0 Å². The summed E-state index contributed by atoms with van der Waals surface area (Å²) in [5, 5.41) is 0. The van der Waals surface area contributed by atoms with Crippen LogP contribution >= 0.6 is 17.0 Å². The van der Waals surface area contributed by atoms with Gasteiger partial charge in [0, 0.05) is 11.8 Å². The molecule has 212 valence electrons. The van der Waals surface area contributed by atoms with Gasteiger partial charge in [0.25, 0.3) is 0 Å². The van der Waals surface area contributed by atoms with Crippen LogP contribution < -0.4 is 0 Å². The van der Waals surface area contributed by atoms with Gasteiger partial charge in [-0.15, -0.1) is 0 Å². The van der Waals surface area contributed by atoms with E-state index in [4.69, 9.17) is 17.0 Å². The molecule has 0 bridgehead atoms. The molecule has 2 aromatic rings. The Hall–Kier alpha value is -1.14. The van der Waals surface area contributed by atoms with Gasteiger partial charge in [0.2, 0.25) is 0 Å². The Balaban J connectivity index is 0.000000846. The third-order valence-corrected chi connectivity index (χ3v) is 10.1. The number of allylic oxidation sites excluding steroid dienone is 8. The fourth-order valence-electron chi connectivity index (χ4n) is 8.46. The second kappa shape index (κ2) is 15.9. The molecule has 3 heteroatoms. The molecule has 0 nitrogen and oxygen atoms in total. The predicted octanol–water partition coefficient (Wildman–Crippen LogP) is 11.2. The summed E-state index contributed by atoms with van der Waals surface area (Å²) in [4.78, 5) is 0. The van der Waals surface area contributed by atoms with E-state index in [1.165, 1.54) is 30.4 Å². The first kappa shape index (κ1) is 33.4. The van der Waals surface area contributed by atoms with E-state index in [0.29, 0.717) is 23.7 Å². The summed E-state index contributed by atoms with van der Waals surface area (Å²) in [5.41, 5.74) is 2.99. The summed E-state index contributed by atoms with van der Waals surface area (Å²) in [6.45, 7) is 5.10.